The van der Waals surface area contributed by atoms with Crippen molar-refractivity contribution in [1.82, 2.24) is 25.8 Å². The van der Waals surface area contributed by atoms with Gasteiger partial charge < -0.3 is 35.2 Å². The summed E-state index contributed by atoms with van der Waals surface area (Å²) >= 11 is 0. The van der Waals surface area contributed by atoms with Crippen LogP contribution in [0.4, 0.5) is 0 Å². The van der Waals surface area contributed by atoms with E-state index in [-0.39, 0.29) is 131 Å². The quantitative estimate of drug-likeness (QED) is 0.120. The molecule has 5 N–H and O–H groups in total. The first-order valence-electron chi connectivity index (χ1n) is 16.0. The zero-order valence-electron chi connectivity index (χ0n) is 26.8. The smallest absolute Gasteiger partial charge is 0.304 e. The van der Waals surface area contributed by atoms with Crippen LogP contribution < -0.4 is 5.48 Å². The molecule has 2 aliphatic rings. The molecule has 2 aromatic heterocycles. The molecule has 2 heterocycles. The van der Waals surface area contributed by atoms with Crippen LogP contribution in [0.2, 0.25) is 0 Å². The Kier molecular flexibility index (Phi) is 22.5. The maximum atomic E-state index is 11.4. The van der Waals surface area contributed by atoms with E-state index in [1.165, 1.54) is 64.2 Å². The van der Waals surface area contributed by atoms with Crippen LogP contribution in [0.3, 0.4) is 0 Å². The molecule has 15 nitrogen and oxygen atoms in total. The van der Waals surface area contributed by atoms with Gasteiger partial charge in [-0.15, -0.1) is 0 Å². The van der Waals surface area contributed by atoms with Crippen LogP contribution in [0.15, 0.2) is 9.05 Å². The number of carboxylic acid groups (broad SMARTS) is 1. The number of carboxylic acids is 1. The topological polar surface area (TPSA) is 246 Å². The number of amides is 3. The number of rotatable bonds is 16. The van der Waals surface area contributed by atoms with Crippen molar-refractivity contribution in [1.29, 1.82) is 0 Å². The Morgan fingerprint density at radius 3 is 1.47 bits per heavy atom. The van der Waals surface area contributed by atoms with Gasteiger partial charge in [0.2, 0.25) is 29.3 Å². The Balaban J connectivity index is 0.000000451. The maximum Gasteiger partial charge on any atom is 0.304 e. The summed E-state index contributed by atoms with van der Waals surface area (Å²) in [6, 6.07) is 0. The molecule has 47 heavy (non-hydrogen) atoms. The van der Waals surface area contributed by atoms with Crippen molar-refractivity contribution >= 4 is 23.7 Å². The van der Waals surface area contributed by atoms with Crippen LogP contribution in [0, 0.1) is 94.4 Å². The van der Waals surface area contributed by atoms with Crippen molar-refractivity contribution in [3.63, 3.8) is 0 Å². The van der Waals surface area contributed by atoms with Crippen molar-refractivity contribution in [2.75, 3.05) is 0 Å². The number of hydrogen-bond donors (Lipinski definition) is 3. The predicted octanol–water partition coefficient (Wildman–Crippen LogP) is 6.56. The van der Waals surface area contributed by atoms with E-state index in [1.807, 2.05) is 0 Å². The normalized spacial score (nSPS) is 16.4. The van der Waals surface area contributed by atoms with E-state index in [4.69, 9.17) is 30.8 Å². The zero-order valence-corrected chi connectivity index (χ0v) is 34.2. The molecule has 0 saturated heterocycles. The van der Waals surface area contributed by atoms with Gasteiger partial charge in [0, 0.05) is 101 Å². The monoisotopic (exact) mass is 913 g/mol. The van der Waals surface area contributed by atoms with E-state index in [2.05, 4.69) is 20.3 Å². The number of aliphatic carboxylic acids is 1. The number of nitrogens with zero attached hydrogens (tertiary/aromatic N) is 4. The second-order valence-electron chi connectivity index (χ2n) is 12.2. The van der Waals surface area contributed by atoms with Gasteiger partial charge in [-0.3, -0.25) is 14.8 Å². The predicted molar refractivity (Wildman–Crippen MR) is 159 cm³/mol. The number of carbonyl (C=O) groups excluding carboxylic acids is 3. The summed E-state index contributed by atoms with van der Waals surface area (Å²) in [4.78, 5) is 52.0. The van der Waals surface area contributed by atoms with Crippen molar-refractivity contribution in [3.05, 3.63) is 34.9 Å². The van der Waals surface area contributed by atoms with Crippen LogP contribution >= 0.6 is 0 Å². The summed E-state index contributed by atoms with van der Waals surface area (Å²) in [6.45, 7) is 0. The fraction of sp³-hybridized carbons (Fsp3) is 0.733. The van der Waals surface area contributed by atoms with Crippen LogP contribution in [-0.2, 0) is 9.59 Å². The average molecular weight is 914 g/mol. The van der Waals surface area contributed by atoms with Gasteiger partial charge in [0.05, 0.1) is 6.42 Å². The molecule has 2 aliphatic carbocycles. The molecule has 2 fully saturated rings. The maximum absolute atomic E-state index is 11.4. The van der Waals surface area contributed by atoms with Crippen molar-refractivity contribution in [2.24, 2.45) is 11.8 Å². The first kappa shape index (κ1) is 43.9. The van der Waals surface area contributed by atoms with Crippen molar-refractivity contribution in [3.8, 4) is 0 Å². The van der Waals surface area contributed by atoms with Gasteiger partial charge in [-0.1, -0.05) is 100 Å². The Hall–Kier alpha value is -1.15. The van der Waals surface area contributed by atoms with Gasteiger partial charge >= 0.3 is 5.97 Å². The molecule has 17 heteroatoms. The third-order valence-electron chi connectivity index (χ3n) is 8.75. The summed E-state index contributed by atoms with van der Waals surface area (Å²) in [5, 5.41) is 24.6. The molecule has 2 aromatic rings. The van der Waals surface area contributed by atoms with Gasteiger partial charge in [-0.25, -0.2) is 5.48 Å². The first-order chi connectivity index (χ1) is 21.7. The minimum absolute atomic E-state index is 0. The fourth-order valence-corrected chi connectivity index (χ4v) is 6.35. The van der Waals surface area contributed by atoms with Crippen molar-refractivity contribution in [2.45, 2.75) is 127 Å². The molecule has 3 amide bonds. The van der Waals surface area contributed by atoms with E-state index in [0.717, 1.165) is 37.5 Å². The van der Waals surface area contributed by atoms with Gasteiger partial charge in [0.1, 0.15) is 11.8 Å². The largest absolute Gasteiger partial charge is 0.661 e. The summed E-state index contributed by atoms with van der Waals surface area (Å²) < 4.78 is 9.98. The van der Waals surface area contributed by atoms with Gasteiger partial charge in [-0.2, -0.15) is 9.97 Å². The molecule has 4 rings (SSSR count). The van der Waals surface area contributed by atoms with Crippen LogP contribution in [0.25, 0.3) is 11.5 Å². The van der Waals surface area contributed by atoms with E-state index in [0.29, 0.717) is 12.8 Å². The summed E-state index contributed by atoms with van der Waals surface area (Å²) in [7, 11) is 0. The molecule has 0 bridgehead atoms. The summed E-state index contributed by atoms with van der Waals surface area (Å²) in [6.07, 6.45) is 18.1. The van der Waals surface area contributed by atoms with Gasteiger partial charge in [-0.05, 0) is 24.7 Å². The standard InChI is InChI=1S/C15H24N4O4.C15H23N3O4.2Pr/c16-13(21)14-17-15(23-19-14)11(9-12(20)18-22)8-4-7-10-5-2-1-3-6-10;16-13(21)14-17-15(22-18-14)11(9-12(19)20)8-4-7-10-5-2-1-3-6-10;;/h10-11H,1-9H2,(H4,16,18,19,20,21,22);10-11H,1-9H2,(H3,16,19,20,21);;/p-2/t2*11-;;/m11../s1. The molecule has 2 saturated carbocycles. The molecular weight excluding hydrogens is 868 g/mol. The Bertz CT molecular complexity index is 1230. The number of hydroxylamine groups is 1. The molecule has 2 radical (unpaired) electrons. The van der Waals surface area contributed by atoms with Crippen LogP contribution in [-0.4, -0.2) is 54.3 Å². The van der Waals surface area contributed by atoms with Crippen LogP contribution in [0.5, 0.6) is 0 Å². The Morgan fingerprint density at radius 2 is 1.13 bits per heavy atom. The number of aromatic nitrogens is 4. The van der Waals surface area contributed by atoms with E-state index in [1.54, 1.807) is 5.48 Å². The van der Waals surface area contributed by atoms with E-state index in [9.17, 15) is 19.2 Å². The van der Waals surface area contributed by atoms with Crippen molar-refractivity contribution < 1.29 is 121 Å². The number of carbonyl (C=O) groups is 4. The van der Waals surface area contributed by atoms with Gasteiger partial charge in [0.25, 0.3) is 0 Å². The average Bonchev–Trinajstić information content (AvgIpc) is 3.73. The Labute approximate surface area is 341 Å². The van der Waals surface area contributed by atoms with Crippen LogP contribution in [0.1, 0.15) is 160 Å². The third kappa shape index (κ3) is 16.4. The van der Waals surface area contributed by atoms with E-state index < -0.39 is 23.7 Å². The SMILES string of the molecule is [NH-]C(=O)c1noc([C@H](CCCC2CCCCC2)CC(=O)NO)n1.[NH-]C(=O)c1noc([C@H](CCCC2CCCCC2)CC(=O)O)n1.[Pr].[Pr]. The number of nitrogens with one attached hydrogen (secondary N) is 3. The molecule has 2 atom stereocenters. The van der Waals surface area contributed by atoms with E-state index >= 15 is 0 Å². The third-order valence-corrected chi connectivity index (χ3v) is 8.75. The molecule has 0 unspecified atom stereocenters. The second-order valence-corrected chi connectivity index (χ2v) is 12.2. The first-order valence-corrected chi connectivity index (χ1v) is 16.0. The Morgan fingerprint density at radius 1 is 0.723 bits per heavy atom. The molecule has 0 aliphatic heterocycles. The summed E-state index contributed by atoms with van der Waals surface area (Å²) in [5.74, 6) is -3.05. The minimum Gasteiger partial charge on any atom is -0.661 e. The summed E-state index contributed by atoms with van der Waals surface area (Å²) in [5.41, 5.74) is 15.5. The van der Waals surface area contributed by atoms with Gasteiger partial charge in [0.15, 0.2) is 0 Å². The minimum atomic E-state index is -1.02. The second kappa shape index (κ2) is 24.1. The molecule has 0 spiro atoms. The molecular formula is C30H45N7O8Pr2-2. The molecule has 256 valence electrons. The number of hydrogen-bond acceptors (Lipinski definition) is 11. The fourth-order valence-electron chi connectivity index (χ4n) is 6.35. The molecule has 0 aromatic carbocycles. The zero-order chi connectivity index (χ0) is 32.6.